The maximum absolute atomic E-state index is 13.8. The number of fused-ring (bicyclic) bond motifs is 3. The van der Waals surface area contributed by atoms with E-state index in [0.29, 0.717) is 48.0 Å². The highest BCUT2D eigenvalue weighted by Crippen LogP contribution is 2.42. The smallest absolute Gasteiger partial charge is 0.226 e. The molecule has 40 heavy (non-hydrogen) atoms. The molecule has 10 nitrogen and oxygen atoms in total. The molecule has 0 fully saturated rings. The minimum absolute atomic E-state index is 0.0869. The average Bonchev–Trinajstić information content (AvgIpc) is 3.34. The van der Waals surface area contributed by atoms with Gasteiger partial charge in [0, 0.05) is 66.4 Å². The second kappa shape index (κ2) is 12.0. The second-order valence-corrected chi connectivity index (χ2v) is 11.3. The number of carbonyl (C=O) groups excluding carboxylic acids is 1. The topological polar surface area (TPSA) is 133 Å². The van der Waals surface area contributed by atoms with Crippen molar-refractivity contribution in [3.05, 3.63) is 64.6 Å². The number of methoxy groups -OCH3 is 1. The summed E-state index contributed by atoms with van der Waals surface area (Å²) in [6.07, 6.45) is 8.57. The number of carbonyl (C=O) groups is 1. The number of amides is 1. The molecule has 1 aliphatic rings. The van der Waals surface area contributed by atoms with E-state index in [1.165, 1.54) is 16.7 Å². The number of likely N-dealkylation sites (N-methyl/N-ethyl adjacent to an activating group) is 1. The van der Waals surface area contributed by atoms with Gasteiger partial charge < -0.3 is 31.0 Å². The number of nitrogens with zero attached hydrogens (tertiary/aromatic N) is 5. The van der Waals surface area contributed by atoms with Gasteiger partial charge >= 0.3 is 0 Å². The van der Waals surface area contributed by atoms with Crippen LogP contribution in [-0.2, 0) is 24.2 Å². The molecule has 0 unspecified atom stereocenters. The SMILES string of the molecule is COc1cc(N)c(C=N)cc1Nc1ncnc2sc3c(c12)CC[C@H](C(=O)N(CCN(C)C)Cc1cccnc1)C3. The highest BCUT2D eigenvalue weighted by atomic mass is 32.1. The zero-order valence-corrected chi connectivity index (χ0v) is 23.8. The molecule has 1 aliphatic carbocycles. The quantitative estimate of drug-likeness (QED) is 0.196. The van der Waals surface area contributed by atoms with Gasteiger partial charge in [-0.25, -0.2) is 9.97 Å². The van der Waals surface area contributed by atoms with E-state index in [9.17, 15) is 4.79 Å². The number of anilines is 3. The number of rotatable bonds is 10. The monoisotopic (exact) mass is 558 g/mol. The lowest BCUT2D eigenvalue weighted by atomic mass is 9.86. The van der Waals surface area contributed by atoms with E-state index in [0.717, 1.165) is 35.2 Å². The molecule has 5 rings (SSSR count). The highest BCUT2D eigenvalue weighted by molar-refractivity contribution is 7.19. The van der Waals surface area contributed by atoms with Crippen molar-refractivity contribution in [1.82, 2.24) is 24.8 Å². The molecular weight excluding hydrogens is 524 g/mol. The normalized spacial score (nSPS) is 14.7. The third kappa shape index (κ3) is 5.75. The van der Waals surface area contributed by atoms with Crippen molar-refractivity contribution >= 4 is 50.9 Å². The molecule has 0 bridgehead atoms. The Hall–Kier alpha value is -4.09. The Morgan fingerprint density at radius 2 is 2.15 bits per heavy atom. The molecule has 4 aromatic rings. The standard InChI is InChI=1S/C29H34N8O2S/c1-36(2)9-10-37(16-18-5-4-8-32-15-18)29(38)19-6-7-21-25(12-19)40-28-26(21)27(33-17-34-28)35-23-11-20(14-30)22(31)13-24(23)39-3/h4-5,8,11,13-15,17,19,30H,6-7,9-10,12,16,31H2,1-3H3,(H,33,34,35)/t19-/m0/s1. The van der Waals surface area contributed by atoms with Gasteiger partial charge in [-0.2, -0.15) is 0 Å². The number of benzene rings is 1. The van der Waals surface area contributed by atoms with E-state index in [-0.39, 0.29) is 11.8 Å². The number of nitrogens with one attached hydrogen (secondary N) is 2. The van der Waals surface area contributed by atoms with Crippen LogP contribution in [0.2, 0.25) is 0 Å². The first-order chi connectivity index (χ1) is 19.4. The number of nitrogen functional groups attached to an aromatic ring is 1. The van der Waals surface area contributed by atoms with Gasteiger partial charge in [0.15, 0.2) is 0 Å². The largest absolute Gasteiger partial charge is 0.494 e. The van der Waals surface area contributed by atoms with Crippen molar-refractivity contribution in [1.29, 1.82) is 5.41 Å². The zero-order valence-electron chi connectivity index (χ0n) is 23.0. The lowest BCUT2D eigenvalue weighted by Gasteiger charge is -2.30. The average molecular weight is 559 g/mol. The maximum atomic E-state index is 13.8. The molecule has 3 heterocycles. The molecular formula is C29H34N8O2S. The Morgan fingerprint density at radius 3 is 2.88 bits per heavy atom. The van der Waals surface area contributed by atoms with Gasteiger partial charge in [-0.1, -0.05) is 6.07 Å². The molecule has 0 saturated carbocycles. The number of pyridine rings is 1. The lowest BCUT2D eigenvalue weighted by Crippen LogP contribution is -2.41. The van der Waals surface area contributed by atoms with Crippen LogP contribution in [0.5, 0.6) is 5.75 Å². The van der Waals surface area contributed by atoms with Gasteiger partial charge in [-0.15, -0.1) is 11.3 Å². The van der Waals surface area contributed by atoms with Gasteiger partial charge in [-0.3, -0.25) is 9.78 Å². The molecule has 11 heteroatoms. The molecule has 4 N–H and O–H groups in total. The first-order valence-electron chi connectivity index (χ1n) is 13.2. The van der Waals surface area contributed by atoms with Crippen molar-refractivity contribution < 1.29 is 9.53 Å². The molecule has 1 amide bonds. The summed E-state index contributed by atoms with van der Waals surface area (Å²) in [5, 5.41) is 12.1. The summed E-state index contributed by atoms with van der Waals surface area (Å²) >= 11 is 1.63. The van der Waals surface area contributed by atoms with Crippen LogP contribution in [0.15, 0.2) is 43.0 Å². The predicted molar refractivity (Wildman–Crippen MR) is 160 cm³/mol. The summed E-state index contributed by atoms with van der Waals surface area (Å²) in [6, 6.07) is 7.41. The first kappa shape index (κ1) is 27.5. The van der Waals surface area contributed by atoms with Gasteiger partial charge in [0.25, 0.3) is 0 Å². The zero-order chi connectivity index (χ0) is 28.2. The van der Waals surface area contributed by atoms with Crippen molar-refractivity contribution in [3.8, 4) is 5.75 Å². The van der Waals surface area contributed by atoms with Crippen LogP contribution in [0.25, 0.3) is 10.2 Å². The molecule has 0 saturated heterocycles. The highest BCUT2D eigenvalue weighted by Gasteiger charge is 2.32. The van der Waals surface area contributed by atoms with E-state index in [1.807, 2.05) is 37.3 Å². The van der Waals surface area contributed by atoms with Crippen molar-refractivity contribution in [2.75, 3.05) is 45.3 Å². The molecule has 0 radical (unpaired) electrons. The minimum Gasteiger partial charge on any atom is -0.494 e. The van der Waals surface area contributed by atoms with E-state index in [2.05, 4.69) is 25.2 Å². The molecule has 0 spiro atoms. The number of aromatic nitrogens is 3. The fourth-order valence-electron chi connectivity index (χ4n) is 5.11. The Labute approximate surface area is 237 Å². The molecule has 3 aromatic heterocycles. The van der Waals surface area contributed by atoms with Crippen LogP contribution in [0.4, 0.5) is 17.2 Å². The predicted octanol–water partition coefficient (Wildman–Crippen LogP) is 4.11. The van der Waals surface area contributed by atoms with Gasteiger partial charge in [0.2, 0.25) is 5.91 Å². The third-order valence-corrected chi connectivity index (χ3v) is 8.40. The Bertz CT molecular complexity index is 1520. The van der Waals surface area contributed by atoms with Crippen LogP contribution >= 0.6 is 11.3 Å². The summed E-state index contributed by atoms with van der Waals surface area (Å²) in [5.41, 5.74) is 10.0. The van der Waals surface area contributed by atoms with Crippen LogP contribution in [-0.4, -0.2) is 71.2 Å². The van der Waals surface area contributed by atoms with Crippen LogP contribution in [0.3, 0.4) is 0 Å². The minimum atomic E-state index is -0.0869. The molecule has 1 atom stereocenters. The first-order valence-corrected chi connectivity index (χ1v) is 14.0. The number of thiophene rings is 1. The molecule has 0 aliphatic heterocycles. The second-order valence-electron chi connectivity index (χ2n) is 10.2. The Morgan fingerprint density at radius 1 is 1.30 bits per heavy atom. The lowest BCUT2D eigenvalue weighted by molar-refractivity contribution is -0.136. The molecule has 1 aromatic carbocycles. The van der Waals surface area contributed by atoms with Gasteiger partial charge in [-0.05, 0) is 56.6 Å². The van der Waals surface area contributed by atoms with Gasteiger partial charge in [0.05, 0.1) is 18.2 Å². The summed E-state index contributed by atoms with van der Waals surface area (Å²) in [5.74, 6) is 1.34. The number of hydrogen-bond acceptors (Lipinski definition) is 10. The summed E-state index contributed by atoms with van der Waals surface area (Å²) in [6.45, 7) is 2.01. The number of ether oxygens (including phenoxy) is 1. The number of aryl methyl sites for hydroxylation is 1. The number of hydrogen-bond donors (Lipinski definition) is 3. The third-order valence-electron chi connectivity index (χ3n) is 7.23. The maximum Gasteiger partial charge on any atom is 0.226 e. The van der Waals surface area contributed by atoms with E-state index < -0.39 is 0 Å². The van der Waals surface area contributed by atoms with Crippen molar-refractivity contribution in [3.63, 3.8) is 0 Å². The number of nitrogens with two attached hydrogens (primary N) is 1. The fraction of sp³-hybridized carbons (Fsp3) is 0.345. The Kier molecular flexibility index (Phi) is 8.22. The van der Waals surface area contributed by atoms with Crippen LogP contribution in [0, 0.1) is 11.3 Å². The summed E-state index contributed by atoms with van der Waals surface area (Å²) in [7, 11) is 5.63. The van der Waals surface area contributed by atoms with Crippen LogP contribution in [0.1, 0.15) is 28.0 Å². The van der Waals surface area contributed by atoms with Gasteiger partial charge in [0.1, 0.15) is 22.7 Å². The van der Waals surface area contributed by atoms with E-state index >= 15 is 0 Å². The fourth-order valence-corrected chi connectivity index (χ4v) is 6.37. The van der Waals surface area contributed by atoms with Crippen molar-refractivity contribution in [2.24, 2.45) is 5.92 Å². The summed E-state index contributed by atoms with van der Waals surface area (Å²) < 4.78 is 5.54. The van der Waals surface area contributed by atoms with E-state index in [1.54, 1.807) is 43.1 Å². The van der Waals surface area contributed by atoms with E-state index in [4.69, 9.17) is 15.9 Å². The van der Waals surface area contributed by atoms with Crippen LogP contribution < -0.4 is 15.8 Å². The van der Waals surface area contributed by atoms with Crippen molar-refractivity contribution in [2.45, 2.75) is 25.8 Å². The summed E-state index contributed by atoms with van der Waals surface area (Å²) in [4.78, 5) is 33.3. The molecule has 208 valence electrons. The Balaban J connectivity index is 1.41.